The molecular weight excluding hydrogens is 210 g/mol. The fraction of sp³-hybridized carbons (Fsp3) is 0.875. The third-order valence-electron chi connectivity index (χ3n) is 2.41. The zero-order valence-electron chi connectivity index (χ0n) is 7.54. The maximum absolute atomic E-state index is 10.8. The molecule has 1 atom stereocenters. The monoisotopic (exact) mass is 223 g/mol. The highest BCUT2D eigenvalue weighted by molar-refractivity contribution is 8.14. The molecule has 0 amide bonds. The van der Waals surface area contributed by atoms with Crippen LogP contribution < -0.4 is 5.32 Å². The van der Waals surface area contributed by atoms with E-state index in [4.69, 9.17) is 4.74 Å². The molecule has 76 valence electrons. The Morgan fingerprint density at radius 2 is 2.31 bits per heavy atom. The van der Waals surface area contributed by atoms with Crippen molar-refractivity contribution < 1.29 is 9.53 Å². The van der Waals surface area contributed by atoms with Gasteiger partial charge in [0, 0.05) is 18.7 Å². The van der Waals surface area contributed by atoms with Crippen molar-refractivity contribution in [1.29, 1.82) is 0 Å². The lowest BCUT2D eigenvalue weighted by atomic mass is 9.96. The highest BCUT2D eigenvalue weighted by Crippen LogP contribution is 2.33. The molecule has 0 bridgehead atoms. The van der Waals surface area contributed by atoms with Gasteiger partial charge in [-0.15, -0.1) is 12.4 Å². The topological polar surface area (TPSA) is 38.3 Å². The van der Waals surface area contributed by atoms with E-state index in [-0.39, 0.29) is 23.1 Å². The van der Waals surface area contributed by atoms with Gasteiger partial charge in [0.1, 0.15) is 0 Å². The smallest absolute Gasteiger partial charge is 0.186 e. The summed E-state index contributed by atoms with van der Waals surface area (Å²) in [7, 11) is 0. The minimum absolute atomic E-state index is 0. The zero-order valence-corrected chi connectivity index (χ0v) is 9.17. The summed E-state index contributed by atoms with van der Waals surface area (Å²) in [6, 6.07) is 0. The first-order valence-corrected chi connectivity index (χ1v) is 5.08. The molecule has 2 saturated heterocycles. The van der Waals surface area contributed by atoms with E-state index in [0.29, 0.717) is 5.25 Å². The molecule has 0 aromatic rings. The summed E-state index contributed by atoms with van der Waals surface area (Å²) in [5.74, 6) is 0. The van der Waals surface area contributed by atoms with Gasteiger partial charge in [0.05, 0.1) is 18.8 Å². The molecule has 1 N–H and O–H groups in total. The van der Waals surface area contributed by atoms with E-state index < -0.39 is 0 Å². The predicted octanol–water partition coefficient (Wildman–Crippen LogP) is 0.819. The van der Waals surface area contributed by atoms with Crippen molar-refractivity contribution in [2.24, 2.45) is 0 Å². The second kappa shape index (κ2) is 4.17. The van der Waals surface area contributed by atoms with Crippen molar-refractivity contribution in [3.05, 3.63) is 0 Å². The van der Waals surface area contributed by atoms with Gasteiger partial charge in [-0.25, -0.2) is 0 Å². The van der Waals surface area contributed by atoms with Gasteiger partial charge in [0.25, 0.3) is 0 Å². The fourth-order valence-electron chi connectivity index (χ4n) is 1.80. The van der Waals surface area contributed by atoms with Crippen molar-refractivity contribution in [3.8, 4) is 0 Å². The van der Waals surface area contributed by atoms with E-state index in [1.165, 1.54) is 11.8 Å². The molecule has 1 unspecified atom stereocenters. The number of halogens is 1. The molecular formula is C8H14ClNO2S. The maximum Gasteiger partial charge on any atom is 0.186 e. The minimum atomic E-state index is 0. The molecule has 3 nitrogen and oxygen atoms in total. The number of carbonyl (C=O) groups is 1. The molecule has 0 aromatic heterocycles. The molecule has 0 aromatic carbocycles. The van der Waals surface area contributed by atoms with Gasteiger partial charge in [0.15, 0.2) is 5.12 Å². The van der Waals surface area contributed by atoms with E-state index in [0.717, 1.165) is 26.2 Å². The Labute approximate surface area is 88.4 Å². The number of rotatable bonds is 1. The van der Waals surface area contributed by atoms with Crippen molar-refractivity contribution in [2.75, 3.05) is 19.8 Å². The number of carbonyl (C=O) groups excluding carboxylic acids is 1. The molecule has 2 heterocycles. The standard InChI is InChI=1S/C8H13NO2S.ClH/c1-6(10)12-7-2-8(9-3-7)4-11-5-8;/h7,9H,2-5H2,1H3;1H. The summed E-state index contributed by atoms with van der Waals surface area (Å²) < 4.78 is 5.16. The van der Waals surface area contributed by atoms with Gasteiger partial charge in [-0.1, -0.05) is 11.8 Å². The minimum Gasteiger partial charge on any atom is -0.377 e. The van der Waals surface area contributed by atoms with Gasteiger partial charge < -0.3 is 10.1 Å². The summed E-state index contributed by atoms with van der Waals surface area (Å²) >= 11 is 1.46. The van der Waals surface area contributed by atoms with Crippen LogP contribution in [0.5, 0.6) is 0 Å². The predicted molar refractivity (Wildman–Crippen MR) is 55.5 cm³/mol. The third kappa shape index (κ3) is 2.37. The van der Waals surface area contributed by atoms with E-state index in [1.807, 2.05) is 0 Å². The summed E-state index contributed by atoms with van der Waals surface area (Å²) in [5.41, 5.74) is 0.229. The Hall–Kier alpha value is 0.230. The number of thioether (sulfide) groups is 1. The Kier molecular flexibility index (Phi) is 3.63. The van der Waals surface area contributed by atoms with Crippen molar-refractivity contribution in [1.82, 2.24) is 5.32 Å². The second-order valence-corrected chi connectivity index (χ2v) is 5.07. The van der Waals surface area contributed by atoms with E-state index in [1.54, 1.807) is 6.92 Å². The van der Waals surface area contributed by atoms with E-state index in [2.05, 4.69) is 5.32 Å². The molecule has 2 aliphatic heterocycles. The molecule has 5 heteroatoms. The zero-order chi connectivity index (χ0) is 8.60. The van der Waals surface area contributed by atoms with Crippen LogP contribution >= 0.6 is 24.2 Å². The Balaban J connectivity index is 0.000000845. The summed E-state index contributed by atoms with van der Waals surface area (Å²) in [6.45, 7) is 4.23. The van der Waals surface area contributed by atoms with Crippen molar-refractivity contribution in [2.45, 2.75) is 24.1 Å². The van der Waals surface area contributed by atoms with Crippen LogP contribution in [0, 0.1) is 0 Å². The average Bonchev–Trinajstić information content (AvgIpc) is 2.29. The van der Waals surface area contributed by atoms with Crippen LogP contribution in [0.2, 0.25) is 0 Å². The van der Waals surface area contributed by atoms with E-state index >= 15 is 0 Å². The first-order chi connectivity index (χ1) is 5.70. The largest absolute Gasteiger partial charge is 0.377 e. The molecule has 2 aliphatic rings. The fourth-order valence-corrected chi connectivity index (χ4v) is 2.84. The van der Waals surface area contributed by atoms with Crippen LogP contribution in [0.25, 0.3) is 0 Å². The Morgan fingerprint density at radius 1 is 1.62 bits per heavy atom. The summed E-state index contributed by atoms with van der Waals surface area (Å²) in [4.78, 5) is 10.8. The van der Waals surface area contributed by atoms with Crippen LogP contribution in [-0.4, -0.2) is 35.7 Å². The second-order valence-electron chi connectivity index (χ2n) is 3.59. The van der Waals surface area contributed by atoms with Crippen molar-refractivity contribution >= 4 is 29.3 Å². The summed E-state index contributed by atoms with van der Waals surface area (Å²) in [5, 5.41) is 4.11. The molecule has 1 spiro atoms. The molecule has 2 fully saturated rings. The lowest BCUT2D eigenvalue weighted by Crippen LogP contribution is -2.56. The third-order valence-corrected chi connectivity index (χ3v) is 3.41. The number of hydrogen-bond donors (Lipinski definition) is 1. The average molecular weight is 224 g/mol. The normalized spacial score (nSPS) is 29.5. The SMILES string of the molecule is CC(=O)SC1CNC2(COC2)C1.Cl. The number of nitrogens with one attached hydrogen (secondary N) is 1. The molecule has 0 aliphatic carbocycles. The van der Waals surface area contributed by atoms with Gasteiger partial charge in [-0.05, 0) is 6.42 Å². The van der Waals surface area contributed by atoms with Crippen molar-refractivity contribution in [3.63, 3.8) is 0 Å². The van der Waals surface area contributed by atoms with Crippen LogP contribution in [-0.2, 0) is 9.53 Å². The molecule has 0 saturated carbocycles. The highest BCUT2D eigenvalue weighted by Gasteiger charge is 2.45. The lowest BCUT2D eigenvalue weighted by molar-refractivity contribution is -0.109. The van der Waals surface area contributed by atoms with Gasteiger partial charge in [0.2, 0.25) is 0 Å². The summed E-state index contributed by atoms with van der Waals surface area (Å²) in [6.07, 6.45) is 1.08. The van der Waals surface area contributed by atoms with Crippen LogP contribution in [0.4, 0.5) is 0 Å². The lowest BCUT2D eigenvalue weighted by Gasteiger charge is -2.38. The first kappa shape index (κ1) is 11.3. The number of hydrogen-bond acceptors (Lipinski definition) is 4. The molecule has 13 heavy (non-hydrogen) atoms. The van der Waals surface area contributed by atoms with Crippen LogP contribution in [0.1, 0.15) is 13.3 Å². The maximum atomic E-state index is 10.8. The quantitative estimate of drug-likeness (QED) is 0.715. The van der Waals surface area contributed by atoms with Gasteiger partial charge in [-0.2, -0.15) is 0 Å². The Bertz CT molecular complexity index is 208. The highest BCUT2D eigenvalue weighted by atomic mass is 35.5. The number of ether oxygens (including phenoxy) is 1. The molecule has 0 radical (unpaired) electrons. The molecule has 2 rings (SSSR count). The van der Waals surface area contributed by atoms with E-state index in [9.17, 15) is 4.79 Å². The van der Waals surface area contributed by atoms with Crippen LogP contribution in [0.15, 0.2) is 0 Å². The van der Waals surface area contributed by atoms with Crippen LogP contribution in [0.3, 0.4) is 0 Å². The van der Waals surface area contributed by atoms with Gasteiger partial charge in [-0.3, -0.25) is 4.79 Å². The van der Waals surface area contributed by atoms with Gasteiger partial charge >= 0.3 is 0 Å². The first-order valence-electron chi connectivity index (χ1n) is 4.20. The Morgan fingerprint density at radius 3 is 2.69 bits per heavy atom.